The molecule has 1 atom stereocenters. The molecule has 0 aliphatic carbocycles. The maximum Gasteiger partial charge on any atom is 0.354 e. The van der Waals surface area contributed by atoms with E-state index >= 15 is 0 Å². The van der Waals surface area contributed by atoms with Crippen LogP contribution in [-0.4, -0.2) is 37.4 Å². The molecule has 0 amide bonds. The van der Waals surface area contributed by atoms with Crippen LogP contribution in [0.1, 0.15) is 29.0 Å². The Morgan fingerprint density at radius 1 is 1.12 bits per heavy atom. The third-order valence-corrected chi connectivity index (χ3v) is 3.52. The fourth-order valence-electron chi connectivity index (χ4n) is 2.29. The second kappa shape index (κ2) is 7.54. The first-order chi connectivity index (χ1) is 11.5. The van der Waals surface area contributed by atoms with Crippen molar-refractivity contribution in [2.45, 2.75) is 13.0 Å². The Morgan fingerprint density at radius 2 is 1.75 bits per heavy atom. The Labute approximate surface area is 140 Å². The number of hydrogen-bond acceptors (Lipinski definition) is 6. The number of rotatable bonds is 7. The molecule has 1 aromatic carbocycles. The van der Waals surface area contributed by atoms with E-state index in [1.807, 2.05) is 19.1 Å². The predicted molar refractivity (Wildman–Crippen MR) is 89.3 cm³/mol. The van der Waals surface area contributed by atoms with Crippen molar-refractivity contribution in [3.8, 4) is 17.2 Å². The topological polar surface area (TPSA) is 89.9 Å². The van der Waals surface area contributed by atoms with Crippen molar-refractivity contribution < 1.29 is 24.1 Å². The minimum absolute atomic E-state index is 0.0166. The lowest BCUT2D eigenvalue weighted by Crippen LogP contribution is -2.10. The minimum atomic E-state index is -1.07. The molecule has 0 aliphatic heterocycles. The second-order valence-electron chi connectivity index (χ2n) is 5.04. The molecule has 1 unspecified atom stereocenters. The largest absolute Gasteiger partial charge is 0.493 e. The number of nitrogens with one attached hydrogen (secondary N) is 1. The lowest BCUT2D eigenvalue weighted by molar-refractivity contribution is 0.0690. The van der Waals surface area contributed by atoms with Crippen LogP contribution >= 0.6 is 0 Å². The fourth-order valence-corrected chi connectivity index (χ4v) is 2.29. The number of aromatic nitrogens is 1. The van der Waals surface area contributed by atoms with Crippen LogP contribution in [0.4, 0.5) is 5.82 Å². The Bertz CT molecular complexity index is 708. The molecule has 2 aromatic rings. The van der Waals surface area contributed by atoms with Gasteiger partial charge in [-0.1, -0.05) is 6.07 Å². The SMILES string of the molecule is COc1cc(C(C)Nc2cccc(C(=O)O)n2)cc(OC)c1OC. The molecule has 0 bridgehead atoms. The smallest absolute Gasteiger partial charge is 0.354 e. The van der Waals surface area contributed by atoms with Crippen molar-refractivity contribution in [3.63, 3.8) is 0 Å². The van der Waals surface area contributed by atoms with Crippen LogP contribution in [0.2, 0.25) is 0 Å². The van der Waals surface area contributed by atoms with Gasteiger partial charge >= 0.3 is 5.97 Å². The van der Waals surface area contributed by atoms with Gasteiger partial charge in [-0.05, 0) is 36.8 Å². The van der Waals surface area contributed by atoms with Crippen LogP contribution in [0.3, 0.4) is 0 Å². The number of carboxylic acid groups (broad SMARTS) is 1. The number of ether oxygens (including phenoxy) is 3. The average molecular weight is 332 g/mol. The van der Waals surface area contributed by atoms with E-state index in [0.717, 1.165) is 5.56 Å². The van der Waals surface area contributed by atoms with Gasteiger partial charge in [-0.15, -0.1) is 0 Å². The zero-order valence-corrected chi connectivity index (χ0v) is 14.0. The molecule has 0 fully saturated rings. The number of nitrogens with zero attached hydrogens (tertiary/aromatic N) is 1. The molecule has 1 aromatic heterocycles. The van der Waals surface area contributed by atoms with Gasteiger partial charge in [0.15, 0.2) is 17.2 Å². The summed E-state index contributed by atoms with van der Waals surface area (Å²) in [5.74, 6) is 1.01. The number of carbonyl (C=O) groups is 1. The van der Waals surface area contributed by atoms with Gasteiger partial charge in [-0.25, -0.2) is 9.78 Å². The second-order valence-corrected chi connectivity index (χ2v) is 5.04. The Morgan fingerprint density at radius 3 is 2.25 bits per heavy atom. The third kappa shape index (κ3) is 3.68. The quantitative estimate of drug-likeness (QED) is 0.805. The zero-order valence-electron chi connectivity index (χ0n) is 14.0. The van der Waals surface area contributed by atoms with Crippen molar-refractivity contribution in [1.82, 2.24) is 4.98 Å². The van der Waals surface area contributed by atoms with E-state index in [9.17, 15) is 4.79 Å². The highest BCUT2D eigenvalue weighted by Gasteiger charge is 2.17. The van der Waals surface area contributed by atoms with Crippen LogP contribution < -0.4 is 19.5 Å². The van der Waals surface area contributed by atoms with E-state index in [1.165, 1.54) is 6.07 Å². The number of aromatic carboxylic acids is 1. The summed E-state index contributed by atoms with van der Waals surface area (Å²) in [5.41, 5.74) is 0.865. The molecule has 1 heterocycles. The molecule has 0 aliphatic rings. The normalized spacial score (nSPS) is 11.5. The highest BCUT2D eigenvalue weighted by Crippen LogP contribution is 2.40. The lowest BCUT2D eigenvalue weighted by Gasteiger charge is -2.19. The van der Waals surface area contributed by atoms with Gasteiger partial charge in [-0.3, -0.25) is 0 Å². The molecule has 7 nitrogen and oxygen atoms in total. The fraction of sp³-hybridized carbons (Fsp3) is 0.294. The van der Waals surface area contributed by atoms with E-state index < -0.39 is 5.97 Å². The van der Waals surface area contributed by atoms with Gasteiger partial charge in [0.1, 0.15) is 5.82 Å². The summed E-state index contributed by atoms with van der Waals surface area (Å²) in [4.78, 5) is 15.1. The number of benzene rings is 1. The summed E-state index contributed by atoms with van der Waals surface area (Å²) in [6, 6.07) is 8.30. The maximum atomic E-state index is 11.0. The summed E-state index contributed by atoms with van der Waals surface area (Å²) < 4.78 is 16.0. The predicted octanol–water partition coefficient (Wildman–Crippen LogP) is 2.98. The van der Waals surface area contributed by atoms with E-state index in [2.05, 4.69) is 10.3 Å². The van der Waals surface area contributed by atoms with E-state index in [4.69, 9.17) is 19.3 Å². The first-order valence-electron chi connectivity index (χ1n) is 7.27. The number of anilines is 1. The summed E-state index contributed by atoms with van der Waals surface area (Å²) >= 11 is 0. The van der Waals surface area contributed by atoms with Crippen LogP contribution in [0, 0.1) is 0 Å². The average Bonchev–Trinajstić information content (AvgIpc) is 2.60. The van der Waals surface area contributed by atoms with Gasteiger partial charge in [0.05, 0.1) is 27.4 Å². The molecule has 24 heavy (non-hydrogen) atoms. The summed E-state index contributed by atoms with van der Waals surface area (Å²) in [5, 5.41) is 12.2. The number of hydrogen-bond donors (Lipinski definition) is 2. The molecule has 128 valence electrons. The zero-order chi connectivity index (χ0) is 17.7. The van der Waals surface area contributed by atoms with Gasteiger partial charge in [0.2, 0.25) is 5.75 Å². The van der Waals surface area contributed by atoms with Gasteiger partial charge in [0.25, 0.3) is 0 Å². The van der Waals surface area contributed by atoms with Gasteiger partial charge in [-0.2, -0.15) is 0 Å². The summed E-state index contributed by atoms with van der Waals surface area (Å²) in [7, 11) is 4.65. The number of pyridine rings is 1. The molecular weight excluding hydrogens is 312 g/mol. The van der Waals surface area contributed by atoms with Crippen molar-refractivity contribution in [3.05, 3.63) is 41.6 Å². The Balaban J connectivity index is 2.31. The molecular formula is C17H20N2O5. The molecule has 2 N–H and O–H groups in total. The van der Waals surface area contributed by atoms with Crippen LogP contribution in [-0.2, 0) is 0 Å². The van der Waals surface area contributed by atoms with E-state index in [0.29, 0.717) is 23.1 Å². The van der Waals surface area contributed by atoms with Crippen LogP contribution in [0.5, 0.6) is 17.2 Å². The summed E-state index contributed by atoms with van der Waals surface area (Å²) in [6.07, 6.45) is 0. The molecule has 0 radical (unpaired) electrons. The highest BCUT2D eigenvalue weighted by molar-refractivity contribution is 5.85. The van der Waals surface area contributed by atoms with Crippen LogP contribution in [0.15, 0.2) is 30.3 Å². The lowest BCUT2D eigenvalue weighted by atomic mass is 10.1. The third-order valence-electron chi connectivity index (χ3n) is 3.52. The van der Waals surface area contributed by atoms with E-state index in [1.54, 1.807) is 33.5 Å². The number of carboxylic acids is 1. The van der Waals surface area contributed by atoms with Crippen molar-refractivity contribution >= 4 is 11.8 Å². The van der Waals surface area contributed by atoms with Gasteiger partial charge in [0, 0.05) is 0 Å². The van der Waals surface area contributed by atoms with Crippen molar-refractivity contribution in [1.29, 1.82) is 0 Å². The standard InChI is InChI=1S/C17H20N2O5/c1-10(18-15-7-5-6-12(19-15)17(20)21)11-8-13(22-2)16(24-4)14(9-11)23-3/h5-10H,1-4H3,(H,18,19)(H,20,21). The molecule has 0 saturated carbocycles. The Kier molecular flexibility index (Phi) is 5.47. The van der Waals surface area contributed by atoms with Gasteiger partial charge < -0.3 is 24.6 Å². The molecule has 0 saturated heterocycles. The molecule has 2 rings (SSSR count). The summed E-state index contributed by atoms with van der Waals surface area (Å²) in [6.45, 7) is 1.93. The molecule has 7 heteroatoms. The first kappa shape index (κ1) is 17.4. The van der Waals surface area contributed by atoms with Crippen molar-refractivity contribution in [2.75, 3.05) is 26.6 Å². The highest BCUT2D eigenvalue weighted by atomic mass is 16.5. The minimum Gasteiger partial charge on any atom is -0.493 e. The van der Waals surface area contributed by atoms with E-state index in [-0.39, 0.29) is 11.7 Å². The number of methoxy groups -OCH3 is 3. The Hall–Kier alpha value is -2.96. The molecule has 0 spiro atoms. The monoisotopic (exact) mass is 332 g/mol. The van der Waals surface area contributed by atoms with Crippen LogP contribution in [0.25, 0.3) is 0 Å². The maximum absolute atomic E-state index is 11.0. The van der Waals surface area contributed by atoms with Crippen molar-refractivity contribution in [2.24, 2.45) is 0 Å². The first-order valence-corrected chi connectivity index (χ1v) is 7.27.